The van der Waals surface area contributed by atoms with Crippen LogP contribution in [0.3, 0.4) is 0 Å². The molecule has 0 bridgehead atoms. The van der Waals surface area contributed by atoms with Gasteiger partial charge in [-0.05, 0) is 74.1 Å². The van der Waals surface area contributed by atoms with Gasteiger partial charge in [0.1, 0.15) is 0 Å². The number of pyridine rings is 2. The Bertz CT molecular complexity index is 1390. The zero-order chi connectivity index (χ0) is 24.5. The number of thiocarbonyl (C=S) groups is 1. The molecule has 1 fully saturated rings. The van der Waals surface area contributed by atoms with Gasteiger partial charge in [-0.1, -0.05) is 24.3 Å². The van der Waals surface area contributed by atoms with E-state index in [-0.39, 0.29) is 17.6 Å². The molecule has 4 aromatic rings. The van der Waals surface area contributed by atoms with E-state index in [1.54, 1.807) is 24.5 Å². The highest BCUT2D eigenvalue weighted by molar-refractivity contribution is 7.80. The van der Waals surface area contributed by atoms with Crippen molar-refractivity contribution in [1.82, 2.24) is 24.8 Å². The van der Waals surface area contributed by atoms with Gasteiger partial charge in [-0.3, -0.25) is 9.97 Å². The van der Waals surface area contributed by atoms with Gasteiger partial charge in [-0.15, -0.1) is 0 Å². The van der Waals surface area contributed by atoms with E-state index in [1.165, 1.54) is 0 Å². The molecule has 0 spiro atoms. The predicted octanol–water partition coefficient (Wildman–Crippen LogP) is 4.76. The first kappa shape index (κ1) is 22.7. The summed E-state index contributed by atoms with van der Waals surface area (Å²) in [6.07, 6.45) is 3.56. The first-order valence-electron chi connectivity index (χ1n) is 11.3. The Kier molecular flexibility index (Phi) is 6.05. The van der Waals surface area contributed by atoms with Crippen LogP contribution in [0.5, 0.6) is 0 Å². The smallest absolute Gasteiger partial charge is 0.337 e. The number of nitrogens with one attached hydrogen (secondary N) is 1. The highest BCUT2D eigenvalue weighted by Crippen LogP contribution is 2.42. The molecule has 3 aromatic heterocycles. The summed E-state index contributed by atoms with van der Waals surface area (Å²) in [5.74, 6) is -0.957. The minimum absolute atomic E-state index is 0.156. The Morgan fingerprint density at radius 2 is 1.74 bits per heavy atom. The second-order valence-electron chi connectivity index (χ2n) is 8.56. The van der Waals surface area contributed by atoms with Gasteiger partial charge in [0.2, 0.25) is 0 Å². The van der Waals surface area contributed by atoms with Crippen LogP contribution in [0.2, 0.25) is 0 Å². The molecular formula is C27H25N5O2S. The fourth-order valence-corrected chi connectivity index (χ4v) is 5.19. The maximum Gasteiger partial charge on any atom is 0.337 e. The topological polar surface area (TPSA) is 83.3 Å². The van der Waals surface area contributed by atoms with E-state index in [2.05, 4.69) is 26.3 Å². The van der Waals surface area contributed by atoms with Crippen LogP contribution >= 0.6 is 12.2 Å². The largest absolute Gasteiger partial charge is 0.478 e. The molecule has 1 saturated heterocycles. The summed E-state index contributed by atoms with van der Waals surface area (Å²) in [5, 5.41) is 13.9. The molecule has 7 nitrogen and oxygen atoms in total. The van der Waals surface area contributed by atoms with Gasteiger partial charge in [0, 0.05) is 23.8 Å². The highest BCUT2D eigenvalue weighted by atomic mass is 32.1. The third kappa shape index (κ3) is 4.17. The molecule has 2 N–H and O–H groups in total. The number of benzene rings is 1. The van der Waals surface area contributed by atoms with Gasteiger partial charge in [0.05, 0.1) is 41.3 Å². The number of hydrogen-bond donors (Lipinski definition) is 2. The van der Waals surface area contributed by atoms with E-state index < -0.39 is 5.97 Å². The van der Waals surface area contributed by atoms with Crippen molar-refractivity contribution >= 4 is 23.3 Å². The first-order chi connectivity index (χ1) is 17.0. The molecule has 176 valence electrons. The molecule has 1 aromatic carbocycles. The lowest BCUT2D eigenvalue weighted by atomic mass is 9.96. The summed E-state index contributed by atoms with van der Waals surface area (Å²) >= 11 is 5.80. The average Bonchev–Trinajstić information content (AvgIpc) is 3.35. The van der Waals surface area contributed by atoms with E-state index in [1.807, 2.05) is 66.9 Å². The SMILES string of the molecule is Cc1cc([C@@H]2[C@H](c3ccccn3)NC(=S)N2Cc2ccccn2)c(C)n1-c1ccccc1C(=O)O. The number of aryl methyl sites for hydroxylation is 1. The lowest BCUT2D eigenvalue weighted by molar-refractivity contribution is 0.0697. The minimum Gasteiger partial charge on any atom is -0.478 e. The van der Waals surface area contributed by atoms with Gasteiger partial charge < -0.3 is 19.9 Å². The van der Waals surface area contributed by atoms with Crippen molar-refractivity contribution in [3.63, 3.8) is 0 Å². The van der Waals surface area contributed by atoms with Crippen LogP contribution in [0.25, 0.3) is 5.69 Å². The molecule has 4 heterocycles. The van der Waals surface area contributed by atoms with Crippen LogP contribution in [0.15, 0.2) is 79.1 Å². The number of aromatic carboxylic acids is 1. The van der Waals surface area contributed by atoms with Crippen LogP contribution in [0.1, 0.15) is 50.8 Å². The number of hydrogen-bond acceptors (Lipinski definition) is 4. The van der Waals surface area contributed by atoms with Crippen LogP contribution in [0, 0.1) is 13.8 Å². The first-order valence-corrected chi connectivity index (χ1v) is 11.8. The zero-order valence-electron chi connectivity index (χ0n) is 19.4. The van der Waals surface area contributed by atoms with Crippen molar-refractivity contribution in [2.24, 2.45) is 0 Å². The van der Waals surface area contributed by atoms with Crippen LogP contribution in [-0.4, -0.2) is 35.6 Å². The Morgan fingerprint density at radius 3 is 2.43 bits per heavy atom. The number of para-hydroxylation sites is 1. The van der Waals surface area contributed by atoms with Gasteiger partial charge >= 0.3 is 5.97 Å². The fourth-order valence-electron chi connectivity index (χ4n) is 4.89. The van der Waals surface area contributed by atoms with Crippen LogP contribution in [-0.2, 0) is 6.54 Å². The molecular weight excluding hydrogens is 458 g/mol. The standard InChI is InChI=1S/C27H25N5O2S/c1-17-15-21(18(2)32(17)23-12-4-3-10-20(23)26(33)34)25-24(22-11-6-8-14-29-22)30-27(35)31(25)16-19-9-5-7-13-28-19/h3-15,24-25H,16H2,1-2H3,(H,30,35)(H,33,34)/t24-,25+/m0/s1. The molecule has 1 aliphatic rings. The Balaban J connectivity index is 1.65. The van der Waals surface area contributed by atoms with Crippen molar-refractivity contribution in [2.75, 3.05) is 0 Å². The number of carboxylic acid groups (broad SMARTS) is 1. The summed E-state index contributed by atoms with van der Waals surface area (Å²) < 4.78 is 2.01. The Labute approximate surface area is 209 Å². The molecule has 0 saturated carbocycles. The second-order valence-corrected chi connectivity index (χ2v) is 8.95. The summed E-state index contributed by atoms with van der Waals surface area (Å²) in [4.78, 5) is 23.2. The molecule has 35 heavy (non-hydrogen) atoms. The van der Waals surface area contributed by atoms with Crippen LogP contribution < -0.4 is 5.32 Å². The lowest BCUT2D eigenvalue weighted by Gasteiger charge is -2.28. The lowest BCUT2D eigenvalue weighted by Crippen LogP contribution is -2.29. The fraction of sp³-hybridized carbons (Fsp3) is 0.185. The van der Waals surface area contributed by atoms with E-state index >= 15 is 0 Å². The molecule has 5 rings (SSSR count). The zero-order valence-corrected chi connectivity index (χ0v) is 20.2. The summed E-state index contributed by atoms with van der Waals surface area (Å²) in [6.45, 7) is 4.56. The molecule has 0 amide bonds. The van der Waals surface area contributed by atoms with E-state index in [9.17, 15) is 9.90 Å². The molecule has 0 radical (unpaired) electrons. The third-order valence-electron chi connectivity index (χ3n) is 6.42. The predicted molar refractivity (Wildman–Crippen MR) is 137 cm³/mol. The average molecular weight is 484 g/mol. The van der Waals surface area contributed by atoms with Crippen molar-refractivity contribution in [3.05, 3.63) is 113 Å². The Morgan fingerprint density at radius 1 is 1.03 bits per heavy atom. The molecule has 0 unspecified atom stereocenters. The number of carboxylic acids is 1. The molecule has 8 heteroatoms. The number of carbonyl (C=O) groups is 1. The summed E-state index contributed by atoms with van der Waals surface area (Å²) in [6, 6.07) is 20.6. The van der Waals surface area contributed by atoms with E-state index in [0.29, 0.717) is 17.3 Å². The van der Waals surface area contributed by atoms with Crippen molar-refractivity contribution in [1.29, 1.82) is 0 Å². The maximum atomic E-state index is 12.0. The molecule has 1 aliphatic heterocycles. The highest BCUT2D eigenvalue weighted by Gasteiger charge is 2.41. The number of aromatic nitrogens is 3. The van der Waals surface area contributed by atoms with Crippen molar-refractivity contribution in [3.8, 4) is 5.69 Å². The van der Waals surface area contributed by atoms with Gasteiger partial charge in [-0.25, -0.2) is 4.79 Å². The van der Waals surface area contributed by atoms with Crippen molar-refractivity contribution in [2.45, 2.75) is 32.5 Å². The monoisotopic (exact) mass is 483 g/mol. The second kappa shape index (κ2) is 9.31. The Hall–Kier alpha value is -4.04. The number of rotatable bonds is 6. The van der Waals surface area contributed by atoms with Gasteiger partial charge in [-0.2, -0.15) is 0 Å². The van der Waals surface area contributed by atoms with Gasteiger partial charge in [0.25, 0.3) is 0 Å². The summed E-state index contributed by atoms with van der Waals surface area (Å²) in [7, 11) is 0. The summed E-state index contributed by atoms with van der Waals surface area (Å²) in [5.41, 5.74) is 5.66. The quantitative estimate of drug-likeness (QED) is 0.383. The van der Waals surface area contributed by atoms with E-state index in [0.717, 1.165) is 28.3 Å². The normalized spacial score (nSPS) is 17.4. The minimum atomic E-state index is -0.957. The van der Waals surface area contributed by atoms with Crippen LogP contribution in [0.4, 0.5) is 0 Å². The van der Waals surface area contributed by atoms with Gasteiger partial charge in [0.15, 0.2) is 5.11 Å². The maximum absolute atomic E-state index is 12.0. The molecule has 0 aliphatic carbocycles. The number of nitrogens with zero attached hydrogens (tertiary/aromatic N) is 4. The van der Waals surface area contributed by atoms with Crippen molar-refractivity contribution < 1.29 is 9.90 Å². The van der Waals surface area contributed by atoms with E-state index in [4.69, 9.17) is 12.2 Å². The molecule has 2 atom stereocenters. The third-order valence-corrected chi connectivity index (χ3v) is 6.77.